The average molecular weight is 255 g/mol. The lowest BCUT2D eigenvalue weighted by molar-refractivity contribution is -0.0483. The summed E-state index contributed by atoms with van der Waals surface area (Å²) in [5, 5.41) is 17.2. The fourth-order valence-corrected chi connectivity index (χ4v) is 1.50. The Bertz CT molecular complexity index is 319. The average Bonchev–Trinajstić information content (AvgIpc) is 2.75. The van der Waals surface area contributed by atoms with Gasteiger partial charge in [-0.05, 0) is 33.8 Å². The predicted molar refractivity (Wildman–Crippen MR) is 71.4 cm³/mol. The van der Waals surface area contributed by atoms with Crippen molar-refractivity contribution >= 4 is 0 Å². The summed E-state index contributed by atoms with van der Waals surface area (Å²) in [4.78, 5) is 0. The van der Waals surface area contributed by atoms with E-state index in [1.54, 1.807) is 6.20 Å². The van der Waals surface area contributed by atoms with Gasteiger partial charge in [-0.3, -0.25) is 4.68 Å². The summed E-state index contributed by atoms with van der Waals surface area (Å²) >= 11 is 0. The van der Waals surface area contributed by atoms with Gasteiger partial charge in [0, 0.05) is 25.0 Å². The molecule has 18 heavy (non-hydrogen) atoms. The van der Waals surface area contributed by atoms with Crippen LogP contribution in [0.5, 0.6) is 0 Å². The van der Waals surface area contributed by atoms with Crippen molar-refractivity contribution in [2.75, 3.05) is 13.2 Å². The molecule has 0 aliphatic carbocycles. The predicted octanol–water partition coefficient (Wildman–Crippen LogP) is 1.04. The molecule has 0 saturated heterocycles. The Hall–Kier alpha value is -0.910. The third-order valence-electron chi connectivity index (χ3n) is 2.43. The van der Waals surface area contributed by atoms with E-state index in [-0.39, 0.29) is 11.6 Å². The molecule has 104 valence electrons. The van der Waals surface area contributed by atoms with E-state index in [1.807, 2.05) is 37.7 Å². The van der Waals surface area contributed by atoms with Gasteiger partial charge in [0.25, 0.3) is 0 Å². The van der Waals surface area contributed by atoms with Gasteiger partial charge in [-0.25, -0.2) is 0 Å². The molecule has 0 spiro atoms. The van der Waals surface area contributed by atoms with Crippen LogP contribution in [0.1, 0.15) is 27.7 Å². The molecule has 0 aliphatic heterocycles. The Balaban J connectivity index is 2.15. The summed E-state index contributed by atoms with van der Waals surface area (Å²) in [7, 11) is 0. The first-order valence-corrected chi connectivity index (χ1v) is 6.39. The Morgan fingerprint density at radius 3 is 2.72 bits per heavy atom. The van der Waals surface area contributed by atoms with E-state index in [4.69, 9.17) is 4.74 Å². The maximum absolute atomic E-state index is 9.78. The molecule has 0 amide bonds. The van der Waals surface area contributed by atoms with Crippen molar-refractivity contribution in [3.8, 4) is 0 Å². The highest BCUT2D eigenvalue weighted by Gasteiger charge is 2.14. The third-order valence-corrected chi connectivity index (χ3v) is 2.43. The number of nitrogens with zero attached hydrogens (tertiary/aromatic N) is 2. The van der Waals surface area contributed by atoms with Crippen molar-refractivity contribution in [3.63, 3.8) is 0 Å². The Labute approximate surface area is 109 Å². The lowest BCUT2D eigenvalue weighted by atomic mass is 10.2. The van der Waals surface area contributed by atoms with Crippen LogP contribution in [0.25, 0.3) is 0 Å². The van der Waals surface area contributed by atoms with Crippen LogP contribution in [0.2, 0.25) is 0 Å². The van der Waals surface area contributed by atoms with Crippen molar-refractivity contribution in [1.82, 2.24) is 15.1 Å². The summed E-state index contributed by atoms with van der Waals surface area (Å²) in [6.07, 6.45) is 3.21. The molecule has 1 heterocycles. The maximum atomic E-state index is 9.78. The molecule has 2 atom stereocenters. The molecule has 0 fully saturated rings. The van der Waals surface area contributed by atoms with Crippen LogP contribution in [0.3, 0.4) is 0 Å². The minimum absolute atomic E-state index is 0.207. The van der Waals surface area contributed by atoms with Crippen LogP contribution >= 0.6 is 0 Å². The van der Waals surface area contributed by atoms with Gasteiger partial charge in [0.2, 0.25) is 0 Å². The number of nitrogens with one attached hydrogen (secondary N) is 1. The molecule has 2 N–H and O–H groups in total. The number of hydrogen-bond acceptors (Lipinski definition) is 4. The maximum Gasteiger partial charge on any atom is 0.0898 e. The van der Waals surface area contributed by atoms with Crippen molar-refractivity contribution in [1.29, 1.82) is 0 Å². The highest BCUT2D eigenvalue weighted by atomic mass is 16.5. The number of hydrogen-bond donors (Lipinski definition) is 2. The molecule has 1 rings (SSSR count). The molecule has 5 heteroatoms. The van der Waals surface area contributed by atoms with Gasteiger partial charge >= 0.3 is 0 Å². The zero-order valence-corrected chi connectivity index (χ0v) is 11.8. The van der Waals surface area contributed by atoms with Crippen LogP contribution in [0.15, 0.2) is 18.5 Å². The van der Waals surface area contributed by atoms with E-state index >= 15 is 0 Å². The van der Waals surface area contributed by atoms with E-state index < -0.39 is 6.10 Å². The molecule has 2 unspecified atom stereocenters. The van der Waals surface area contributed by atoms with E-state index in [0.29, 0.717) is 13.2 Å². The molecule has 5 nitrogen and oxygen atoms in total. The second-order valence-electron chi connectivity index (χ2n) is 5.61. The second kappa shape index (κ2) is 6.87. The Kier molecular flexibility index (Phi) is 5.78. The van der Waals surface area contributed by atoms with Gasteiger partial charge in [0.05, 0.1) is 24.9 Å². The highest BCUT2D eigenvalue weighted by Crippen LogP contribution is 2.06. The van der Waals surface area contributed by atoms with Crippen LogP contribution in [-0.4, -0.2) is 45.8 Å². The summed E-state index contributed by atoms with van der Waals surface area (Å²) in [5.41, 5.74) is -0.207. The Morgan fingerprint density at radius 2 is 2.17 bits per heavy atom. The molecule has 1 aromatic heterocycles. The summed E-state index contributed by atoms with van der Waals surface area (Å²) in [5.74, 6) is 0. The lowest BCUT2D eigenvalue weighted by Crippen LogP contribution is -2.39. The minimum Gasteiger partial charge on any atom is -0.389 e. The number of aliphatic hydroxyl groups is 1. The lowest BCUT2D eigenvalue weighted by Gasteiger charge is -2.23. The van der Waals surface area contributed by atoms with Gasteiger partial charge in [0.15, 0.2) is 0 Å². The highest BCUT2D eigenvalue weighted by molar-refractivity contribution is 4.79. The zero-order chi connectivity index (χ0) is 13.6. The largest absolute Gasteiger partial charge is 0.389 e. The fraction of sp³-hybridized carbons (Fsp3) is 0.769. The molecule has 0 aromatic carbocycles. The van der Waals surface area contributed by atoms with E-state index in [9.17, 15) is 5.11 Å². The van der Waals surface area contributed by atoms with E-state index in [2.05, 4.69) is 17.3 Å². The second-order valence-corrected chi connectivity index (χ2v) is 5.61. The first-order chi connectivity index (χ1) is 8.37. The standard InChI is InChI=1S/C13H25N3O2/c1-11(9-16-7-5-6-15-16)14-8-12(17)10-18-13(2,3)4/h5-7,11-12,14,17H,8-10H2,1-4H3. The summed E-state index contributed by atoms with van der Waals surface area (Å²) in [6, 6.07) is 2.16. The third kappa shape index (κ3) is 6.74. The first-order valence-electron chi connectivity index (χ1n) is 6.39. The van der Waals surface area contributed by atoms with E-state index in [1.165, 1.54) is 0 Å². The van der Waals surface area contributed by atoms with Crippen LogP contribution < -0.4 is 5.32 Å². The monoisotopic (exact) mass is 255 g/mol. The molecular formula is C13H25N3O2. The van der Waals surface area contributed by atoms with Crippen molar-refractivity contribution in [3.05, 3.63) is 18.5 Å². The fourth-order valence-electron chi connectivity index (χ4n) is 1.50. The summed E-state index contributed by atoms with van der Waals surface area (Å²) < 4.78 is 7.39. The SMILES string of the molecule is CC(Cn1cccn1)NCC(O)COC(C)(C)C. The van der Waals surface area contributed by atoms with Gasteiger partial charge in [-0.2, -0.15) is 5.10 Å². The number of rotatable bonds is 7. The molecule has 0 radical (unpaired) electrons. The molecule has 0 saturated carbocycles. The van der Waals surface area contributed by atoms with Gasteiger partial charge < -0.3 is 15.2 Å². The summed E-state index contributed by atoms with van der Waals surface area (Å²) in [6.45, 7) is 9.68. The quantitative estimate of drug-likeness (QED) is 0.764. The van der Waals surface area contributed by atoms with Crippen molar-refractivity contribution in [2.45, 2.75) is 52.0 Å². The molecule has 1 aromatic rings. The van der Waals surface area contributed by atoms with Crippen LogP contribution in [0, 0.1) is 0 Å². The van der Waals surface area contributed by atoms with Gasteiger partial charge in [0.1, 0.15) is 0 Å². The van der Waals surface area contributed by atoms with Crippen molar-refractivity contribution < 1.29 is 9.84 Å². The number of aliphatic hydroxyl groups excluding tert-OH is 1. The topological polar surface area (TPSA) is 59.3 Å². The zero-order valence-electron chi connectivity index (χ0n) is 11.8. The minimum atomic E-state index is -0.482. The normalized spacial score (nSPS) is 15.6. The number of ether oxygens (including phenoxy) is 1. The van der Waals surface area contributed by atoms with Crippen LogP contribution in [0.4, 0.5) is 0 Å². The first kappa shape index (κ1) is 15.1. The van der Waals surface area contributed by atoms with Crippen LogP contribution in [-0.2, 0) is 11.3 Å². The molecular weight excluding hydrogens is 230 g/mol. The Morgan fingerprint density at radius 1 is 1.44 bits per heavy atom. The van der Waals surface area contributed by atoms with Crippen molar-refractivity contribution in [2.24, 2.45) is 0 Å². The molecule has 0 bridgehead atoms. The number of aromatic nitrogens is 2. The van der Waals surface area contributed by atoms with Gasteiger partial charge in [-0.15, -0.1) is 0 Å². The molecule has 0 aliphatic rings. The smallest absolute Gasteiger partial charge is 0.0898 e. The van der Waals surface area contributed by atoms with E-state index in [0.717, 1.165) is 6.54 Å². The van der Waals surface area contributed by atoms with Gasteiger partial charge in [-0.1, -0.05) is 0 Å².